The Labute approximate surface area is 125 Å². The highest BCUT2D eigenvalue weighted by Crippen LogP contribution is 2.33. The minimum atomic E-state index is -4.35. The number of halogens is 3. The van der Waals surface area contributed by atoms with Crippen LogP contribution in [0.15, 0.2) is 24.5 Å². The van der Waals surface area contributed by atoms with Crippen molar-refractivity contribution in [3.05, 3.63) is 35.8 Å². The third-order valence-corrected chi connectivity index (χ3v) is 3.87. The minimum Gasteiger partial charge on any atom is -0.356 e. The Bertz CT molecular complexity index is 630. The summed E-state index contributed by atoms with van der Waals surface area (Å²) in [5, 5.41) is 7.77. The number of aromatic nitrogens is 4. The molecule has 0 radical (unpaired) electrons. The van der Waals surface area contributed by atoms with Gasteiger partial charge in [0.1, 0.15) is 5.82 Å². The Kier molecular flexibility index (Phi) is 3.76. The standard InChI is InChI=1S/C14H16F3N5/c1-10-8-11(14(15,16)17)9-13(19-10)21-5-2-12(3-6-21)22-7-4-18-20-22/h4,7-9,12H,2-3,5-6H2,1H3. The van der Waals surface area contributed by atoms with Crippen molar-refractivity contribution >= 4 is 5.82 Å². The number of pyridine rings is 1. The summed E-state index contributed by atoms with van der Waals surface area (Å²) in [5.74, 6) is 0.393. The van der Waals surface area contributed by atoms with Crippen LogP contribution < -0.4 is 4.90 Å². The topological polar surface area (TPSA) is 46.8 Å². The maximum absolute atomic E-state index is 12.9. The third-order valence-electron chi connectivity index (χ3n) is 3.87. The molecule has 0 unspecified atom stereocenters. The molecule has 0 N–H and O–H groups in total. The normalized spacial score (nSPS) is 17.0. The highest BCUT2D eigenvalue weighted by molar-refractivity contribution is 5.44. The second kappa shape index (κ2) is 5.58. The number of nitrogens with zero attached hydrogens (tertiary/aromatic N) is 5. The summed E-state index contributed by atoms with van der Waals surface area (Å²) < 4.78 is 40.5. The van der Waals surface area contributed by atoms with E-state index in [1.54, 1.807) is 13.1 Å². The Morgan fingerprint density at radius 2 is 1.91 bits per heavy atom. The smallest absolute Gasteiger partial charge is 0.356 e. The van der Waals surface area contributed by atoms with Crippen molar-refractivity contribution in [2.75, 3.05) is 18.0 Å². The number of aryl methyl sites for hydroxylation is 1. The van der Waals surface area contributed by atoms with E-state index < -0.39 is 11.7 Å². The van der Waals surface area contributed by atoms with E-state index in [1.807, 2.05) is 15.8 Å². The van der Waals surface area contributed by atoms with E-state index in [2.05, 4.69) is 15.3 Å². The van der Waals surface area contributed by atoms with Crippen molar-refractivity contribution in [3.8, 4) is 0 Å². The Morgan fingerprint density at radius 1 is 1.18 bits per heavy atom. The Hall–Kier alpha value is -2.12. The second-order valence-electron chi connectivity index (χ2n) is 5.45. The van der Waals surface area contributed by atoms with Gasteiger partial charge in [-0.1, -0.05) is 5.21 Å². The van der Waals surface area contributed by atoms with Gasteiger partial charge in [-0.2, -0.15) is 13.2 Å². The maximum Gasteiger partial charge on any atom is 0.416 e. The van der Waals surface area contributed by atoms with E-state index in [0.717, 1.165) is 25.0 Å². The molecule has 0 aliphatic carbocycles. The van der Waals surface area contributed by atoms with E-state index in [4.69, 9.17) is 0 Å². The lowest BCUT2D eigenvalue weighted by molar-refractivity contribution is -0.137. The minimum absolute atomic E-state index is 0.241. The number of piperidine rings is 1. The second-order valence-corrected chi connectivity index (χ2v) is 5.45. The van der Waals surface area contributed by atoms with Gasteiger partial charge in [0.25, 0.3) is 0 Å². The van der Waals surface area contributed by atoms with E-state index in [-0.39, 0.29) is 6.04 Å². The molecular weight excluding hydrogens is 295 g/mol. The molecule has 1 fully saturated rings. The fraction of sp³-hybridized carbons (Fsp3) is 0.500. The first-order valence-corrected chi connectivity index (χ1v) is 7.10. The number of rotatable bonds is 2. The molecule has 0 saturated carbocycles. The quantitative estimate of drug-likeness (QED) is 0.855. The van der Waals surface area contributed by atoms with E-state index in [9.17, 15) is 13.2 Å². The van der Waals surface area contributed by atoms with Crippen molar-refractivity contribution in [2.24, 2.45) is 0 Å². The molecule has 3 heterocycles. The molecule has 1 aliphatic heterocycles. The van der Waals surface area contributed by atoms with Crippen LogP contribution in [0.1, 0.15) is 30.1 Å². The lowest BCUT2D eigenvalue weighted by atomic mass is 10.0. The highest BCUT2D eigenvalue weighted by Gasteiger charge is 2.32. The van der Waals surface area contributed by atoms with Crippen LogP contribution in [0.5, 0.6) is 0 Å². The Morgan fingerprint density at radius 3 is 2.50 bits per heavy atom. The summed E-state index contributed by atoms with van der Waals surface area (Å²) >= 11 is 0. The zero-order valence-electron chi connectivity index (χ0n) is 12.1. The summed E-state index contributed by atoms with van der Waals surface area (Å²) in [6, 6.07) is 2.44. The first-order chi connectivity index (χ1) is 10.4. The van der Waals surface area contributed by atoms with Crippen molar-refractivity contribution in [3.63, 3.8) is 0 Å². The summed E-state index contributed by atoms with van der Waals surface area (Å²) in [7, 11) is 0. The summed E-state index contributed by atoms with van der Waals surface area (Å²) in [6.45, 7) is 2.89. The summed E-state index contributed by atoms with van der Waals surface area (Å²) in [5.41, 5.74) is -0.267. The van der Waals surface area contributed by atoms with Gasteiger partial charge in [0.05, 0.1) is 17.8 Å². The van der Waals surface area contributed by atoms with Crippen molar-refractivity contribution in [1.82, 2.24) is 20.0 Å². The van der Waals surface area contributed by atoms with Gasteiger partial charge >= 0.3 is 6.18 Å². The van der Waals surface area contributed by atoms with E-state index in [0.29, 0.717) is 24.6 Å². The zero-order valence-corrected chi connectivity index (χ0v) is 12.1. The van der Waals surface area contributed by atoms with Crippen molar-refractivity contribution in [1.29, 1.82) is 0 Å². The SMILES string of the molecule is Cc1cc(C(F)(F)F)cc(N2CCC(n3ccnn3)CC2)n1. The molecular formula is C14H16F3N5. The average Bonchev–Trinajstić information content (AvgIpc) is 3.00. The maximum atomic E-state index is 12.9. The summed E-state index contributed by atoms with van der Waals surface area (Å²) in [6.07, 6.45) is 0.708. The predicted octanol–water partition coefficient (Wildman–Crippen LogP) is 2.84. The molecule has 0 bridgehead atoms. The number of hydrogen-bond donors (Lipinski definition) is 0. The number of hydrogen-bond acceptors (Lipinski definition) is 4. The molecule has 1 saturated heterocycles. The third kappa shape index (κ3) is 3.05. The fourth-order valence-electron chi connectivity index (χ4n) is 2.75. The van der Waals surface area contributed by atoms with Crippen LogP contribution in [-0.2, 0) is 6.18 Å². The van der Waals surface area contributed by atoms with Gasteiger partial charge in [0.15, 0.2) is 0 Å². The van der Waals surface area contributed by atoms with Crippen molar-refractivity contribution in [2.45, 2.75) is 32.0 Å². The molecule has 118 valence electrons. The molecule has 22 heavy (non-hydrogen) atoms. The lowest BCUT2D eigenvalue weighted by Crippen LogP contribution is -2.35. The number of alkyl halides is 3. The highest BCUT2D eigenvalue weighted by atomic mass is 19.4. The molecule has 5 nitrogen and oxygen atoms in total. The molecule has 3 rings (SSSR count). The van der Waals surface area contributed by atoms with Crippen LogP contribution in [-0.4, -0.2) is 33.1 Å². The predicted molar refractivity (Wildman–Crippen MR) is 74.5 cm³/mol. The molecule has 0 spiro atoms. The molecule has 0 atom stereocenters. The van der Waals surface area contributed by atoms with E-state index >= 15 is 0 Å². The van der Waals surface area contributed by atoms with Crippen LogP contribution in [0.3, 0.4) is 0 Å². The molecule has 2 aromatic rings. The van der Waals surface area contributed by atoms with Gasteiger partial charge < -0.3 is 4.90 Å². The Balaban J connectivity index is 1.75. The lowest BCUT2D eigenvalue weighted by Gasteiger charge is -2.33. The molecule has 0 aromatic carbocycles. The van der Waals surface area contributed by atoms with Crippen LogP contribution >= 0.6 is 0 Å². The van der Waals surface area contributed by atoms with Crippen LogP contribution in [0.2, 0.25) is 0 Å². The van der Waals surface area contributed by atoms with Gasteiger partial charge in [-0.05, 0) is 31.9 Å². The van der Waals surface area contributed by atoms with Gasteiger partial charge in [-0.3, -0.25) is 0 Å². The van der Waals surface area contributed by atoms with Gasteiger partial charge in [0, 0.05) is 25.0 Å². The first-order valence-electron chi connectivity index (χ1n) is 7.10. The van der Waals surface area contributed by atoms with Gasteiger partial charge in [-0.15, -0.1) is 5.10 Å². The van der Waals surface area contributed by atoms with Gasteiger partial charge in [0.2, 0.25) is 0 Å². The zero-order chi connectivity index (χ0) is 15.7. The fourth-order valence-corrected chi connectivity index (χ4v) is 2.75. The van der Waals surface area contributed by atoms with E-state index in [1.165, 1.54) is 0 Å². The van der Waals surface area contributed by atoms with Gasteiger partial charge in [-0.25, -0.2) is 9.67 Å². The van der Waals surface area contributed by atoms with Crippen LogP contribution in [0, 0.1) is 6.92 Å². The average molecular weight is 311 g/mol. The molecule has 8 heteroatoms. The van der Waals surface area contributed by atoms with Crippen LogP contribution in [0.25, 0.3) is 0 Å². The largest absolute Gasteiger partial charge is 0.416 e. The monoisotopic (exact) mass is 311 g/mol. The summed E-state index contributed by atoms with van der Waals surface area (Å²) in [4.78, 5) is 6.15. The van der Waals surface area contributed by atoms with Crippen molar-refractivity contribution < 1.29 is 13.2 Å². The number of anilines is 1. The molecule has 2 aromatic heterocycles. The molecule has 1 aliphatic rings. The first kappa shape index (κ1) is 14.8. The molecule has 0 amide bonds. The van der Waals surface area contributed by atoms with Crippen LogP contribution in [0.4, 0.5) is 19.0 Å².